The van der Waals surface area contributed by atoms with Crippen LogP contribution in [-0.4, -0.2) is 53.6 Å². The molecule has 7 nitrogen and oxygen atoms in total. The summed E-state index contributed by atoms with van der Waals surface area (Å²) in [5, 5.41) is 0.252. The number of sulfonamides is 1. The van der Waals surface area contributed by atoms with Gasteiger partial charge in [0.1, 0.15) is 11.5 Å². The van der Waals surface area contributed by atoms with E-state index in [2.05, 4.69) is 13.8 Å². The summed E-state index contributed by atoms with van der Waals surface area (Å²) in [6.45, 7) is 5.58. The van der Waals surface area contributed by atoms with Gasteiger partial charge in [-0.2, -0.15) is 0 Å². The van der Waals surface area contributed by atoms with E-state index in [9.17, 15) is 13.2 Å². The number of hydrogen-bond acceptors (Lipinski definition) is 5. The lowest BCUT2D eigenvalue weighted by atomic mass is 9.91. The first kappa shape index (κ1) is 24.2. The molecule has 0 aromatic heterocycles. The molecule has 3 rings (SSSR count). The highest BCUT2D eigenvalue weighted by Crippen LogP contribution is 2.39. The summed E-state index contributed by atoms with van der Waals surface area (Å²) >= 11 is 6.22. The third-order valence-corrected chi connectivity index (χ3v) is 7.75. The molecule has 0 saturated carbocycles. The van der Waals surface area contributed by atoms with E-state index in [1.807, 2.05) is 0 Å². The van der Waals surface area contributed by atoms with E-state index in [-0.39, 0.29) is 21.5 Å². The molecule has 1 fully saturated rings. The van der Waals surface area contributed by atoms with Crippen molar-refractivity contribution in [2.24, 2.45) is 11.8 Å². The molecular weight excluding hydrogens is 452 g/mol. The lowest BCUT2D eigenvalue weighted by Gasteiger charge is -2.35. The van der Waals surface area contributed by atoms with E-state index in [4.69, 9.17) is 21.1 Å². The van der Waals surface area contributed by atoms with E-state index in [1.54, 1.807) is 17.0 Å². The number of amides is 1. The molecule has 0 radical (unpaired) electrons. The standard InChI is InChI=1S/C23H29ClN2O5S/c1-15-9-16(2)14-26(13-15)23(27)17-7-6-8-18(10-17)32(28,29)25(3)20-11-19(24)21(30-4)12-22(20)31-5/h6-8,10-12,15-16H,9,13-14H2,1-5H3/t15-,16-/m0/s1. The molecule has 0 bridgehead atoms. The average molecular weight is 481 g/mol. The Morgan fingerprint density at radius 3 is 2.28 bits per heavy atom. The van der Waals surface area contributed by atoms with Crippen molar-refractivity contribution < 1.29 is 22.7 Å². The van der Waals surface area contributed by atoms with Gasteiger partial charge in [-0.1, -0.05) is 31.5 Å². The van der Waals surface area contributed by atoms with E-state index >= 15 is 0 Å². The van der Waals surface area contributed by atoms with E-state index in [0.29, 0.717) is 42.0 Å². The van der Waals surface area contributed by atoms with Crippen LogP contribution in [0.1, 0.15) is 30.6 Å². The van der Waals surface area contributed by atoms with Gasteiger partial charge in [0.05, 0.1) is 29.8 Å². The van der Waals surface area contributed by atoms with Crippen molar-refractivity contribution in [2.45, 2.75) is 25.2 Å². The highest BCUT2D eigenvalue weighted by Gasteiger charge is 2.29. The summed E-state index contributed by atoms with van der Waals surface area (Å²) in [6, 6.07) is 9.14. The van der Waals surface area contributed by atoms with Crippen LogP contribution < -0.4 is 13.8 Å². The second kappa shape index (κ2) is 9.58. The van der Waals surface area contributed by atoms with Gasteiger partial charge in [-0.3, -0.25) is 9.10 Å². The first-order valence-electron chi connectivity index (χ1n) is 10.4. The van der Waals surface area contributed by atoms with Crippen molar-refractivity contribution in [2.75, 3.05) is 38.7 Å². The van der Waals surface area contributed by atoms with Crippen LogP contribution in [0.5, 0.6) is 11.5 Å². The Labute approximate surface area is 194 Å². The summed E-state index contributed by atoms with van der Waals surface area (Å²) in [5.74, 6) is 1.32. The Hall–Kier alpha value is -2.45. The number of rotatable bonds is 6. The predicted molar refractivity (Wildman–Crippen MR) is 125 cm³/mol. The normalized spacial score (nSPS) is 18.9. The Kier molecular flexibility index (Phi) is 7.25. The maximum Gasteiger partial charge on any atom is 0.264 e. The molecule has 0 N–H and O–H groups in total. The molecule has 1 saturated heterocycles. The Morgan fingerprint density at radius 1 is 1.06 bits per heavy atom. The number of ether oxygens (including phenoxy) is 2. The number of benzene rings is 2. The molecule has 2 aromatic carbocycles. The minimum Gasteiger partial charge on any atom is -0.495 e. The second-order valence-corrected chi connectivity index (χ2v) is 10.7. The maximum atomic E-state index is 13.4. The molecular formula is C23H29ClN2O5S. The summed E-state index contributed by atoms with van der Waals surface area (Å²) in [4.78, 5) is 14.9. The fraction of sp³-hybridized carbons (Fsp3) is 0.435. The summed E-state index contributed by atoms with van der Waals surface area (Å²) in [5.41, 5.74) is 0.606. The fourth-order valence-corrected chi connectivity index (χ4v) is 5.66. The van der Waals surface area contributed by atoms with Crippen molar-refractivity contribution in [3.05, 3.63) is 47.0 Å². The molecule has 174 valence electrons. The maximum absolute atomic E-state index is 13.4. The smallest absolute Gasteiger partial charge is 0.264 e. The van der Waals surface area contributed by atoms with Crippen molar-refractivity contribution >= 4 is 33.2 Å². The quantitative estimate of drug-likeness (QED) is 0.616. The topological polar surface area (TPSA) is 76.1 Å². The van der Waals surface area contributed by atoms with Crippen molar-refractivity contribution in [3.8, 4) is 11.5 Å². The van der Waals surface area contributed by atoms with Crippen molar-refractivity contribution in [1.29, 1.82) is 0 Å². The molecule has 2 aromatic rings. The average Bonchev–Trinajstić information content (AvgIpc) is 2.77. The Balaban J connectivity index is 1.94. The number of halogens is 1. The van der Waals surface area contributed by atoms with Gasteiger partial charge in [0.15, 0.2) is 0 Å². The number of carbonyl (C=O) groups excluding carboxylic acids is 1. The van der Waals surface area contributed by atoms with Crippen molar-refractivity contribution in [1.82, 2.24) is 4.90 Å². The van der Waals surface area contributed by atoms with Gasteiger partial charge < -0.3 is 14.4 Å². The predicted octanol–water partition coefficient (Wildman–Crippen LogP) is 4.30. The molecule has 1 aliphatic rings. The molecule has 32 heavy (non-hydrogen) atoms. The van der Waals surface area contributed by atoms with Crippen LogP contribution in [0, 0.1) is 11.8 Å². The van der Waals surface area contributed by atoms with E-state index < -0.39 is 10.0 Å². The Morgan fingerprint density at radius 2 is 1.69 bits per heavy atom. The highest BCUT2D eigenvalue weighted by atomic mass is 35.5. The summed E-state index contributed by atoms with van der Waals surface area (Å²) < 4.78 is 38.4. The molecule has 2 atom stereocenters. The zero-order valence-electron chi connectivity index (χ0n) is 19.0. The molecule has 1 aliphatic heterocycles. The number of hydrogen-bond donors (Lipinski definition) is 0. The number of methoxy groups -OCH3 is 2. The van der Waals surface area contributed by atoms with Crippen LogP contribution in [0.2, 0.25) is 5.02 Å². The lowest BCUT2D eigenvalue weighted by Crippen LogP contribution is -2.42. The second-order valence-electron chi connectivity index (χ2n) is 8.32. The monoisotopic (exact) mass is 480 g/mol. The first-order valence-corrected chi connectivity index (χ1v) is 12.2. The van der Waals surface area contributed by atoms with Crippen LogP contribution in [0.3, 0.4) is 0 Å². The van der Waals surface area contributed by atoms with E-state index in [1.165, 1.54) is 45.5 Å². The fourth-order valence-electron chi connectivity index (χ4n) is 4.18. The molecule has 1 heterocycles. The van der Waals surface area contributed by atoms with Gasteiger partial charge in [0.25, 0.3) is 15.9 Å². The van der Waals surface area contributed by atoms with Crippen molar-refractivity contribution in [3.63, 3.8) is 0 Å². The van der Waals surface area contributed by atoms with E-state index in [0.717, 1.165) is 10.7 Å². The van der Waals surface area contributed by atoms with Gasteiger partial charge in [-0.05, 0) is 42.5 Å². The SMILES string of the molecule is COc1cc(OC)c(N(C)S(=O)(=O)c2cccc(C(=O)N3C[C@@H](C)C[C@H](C)C3)c2)cc1Cl. The Bertz CT molecular complexity index is 1100. The minimum absolute atomic E-state index is 0.0120. The van der Waals surface area contributed by atoms with Crippen LogP contribution >= 0.6 is 11.6 Å². The number of likely N-dealkylation sites (tertiary alicyclic amines) is 1. The highest BCUT2D eigenvalue weighted by molar-refractivity contribution is 7.92. The number of nitrogens with zero attached hydrogens (tertiary/aromatic N) is 2. The third-order valence-electron chi connectivity index (χ3n) is 5.69. The summed E-state index contributed by atoms with van der Waals surface area (Å²) in [6.07, 6.45) is 1.08. The van der Waals surface area contributed by atoms with Gasteiger partial charge in [-0.15, -0.1) is 0 Å². The number of carbonyl (C=O) groups is 1. The first-order chi connectivity index (χ1) is 15.1. The number of anilines is 1. The van der Waals surface area contributed by atoms with Crippen LogP contribution in [0.25, 0.3) is 0 Å². The lowest BCUT2D eigenvalue weighted by molar-refractivity contribution is 0.0623. The summed E-state index contributed by atoms with van der Waals surface area (Å²) in [7, 11) is 0.331. The zero-order chi connectivity index (χ0) is 23.6. The molecule has 9 heteroatoms. The van der Waals surface area contributed by atoms with Crippen LogP contribution in [0.4, 0.5) is 5.69 Å². The number of piperidine rings is 1. The largest absolute Gasteiger partial charge is 0.495 e. The van der Waals surface area contributed by atoms with Crippen LogP contribution in [-0.2, 0) is 10.0 Å². The van der Waals surface area contributed by atoms with Gasteiger partial charge in [0.2, 0.25) is 0 Å². The molecule has 0 spiro atoms. The third kappa shape index (κ3) is 4.81. The van der Waals surface area contributed by atoms with Gasteiger partial charge in [-0.25, -0.2) is 8.42 Å². The molecule has 0 aliphatic carbocycles. The minimum atomic E-state index is -3.99. The van der Waals surface area contributed by atoms with Gasteiger partial charge in [0, 0.05) is 31.8 Å². The van der Waals surface area contributed by atoms with Crippen LogP contribution in [0.15, 0.2) is 41.3 Å². The molecule has 0 unspecified atom stereocenters. The zero-order valence-corrected chi connectivity index (χ0v) is 20.5. The molecule has 1 amide bonds. The van der Waals surface area contributed by atoms with Gasteiger partial charge >= 0.3 is 0 Å².